The van der Waals surface area contributed by atoms with Crippen LogP contribution in [0.5, 0.6) is 11.5 Å². The van der Waals surface area contributed by atoms with Crippen LogP contribution in [0.3, 0.4) is 0 Å². The van der Waals surface area contributed by atoms with Crippen LogP contribution in [-0.4, -0.2) is 36.1 Å². The van der Waals surface area contributed by atoms with Gasteiger partial charge in [-0.1, -0.05) is 24.3 Å². The zero-order valence-electron chi connectivity index (χ0n) is 16.2. The van der Waals surface area contributed by atoms with Crippen molar-refractivity contribution in [2.45, 2.75) is 13.0 Å². The lowest BCUT2D eigenvalue weighted by Crippen LogP contribution is -2.37. The first-order valence-corrected chi connectivity index (χ1v) is 9.24. The van der Waals surface area contributed by atoms with Gasteiger partial charge in [-0.3, -0.25) is 4.99 Å². The second-order valence-electron chi connectivity index (χ2n) is 6.42. The van der Waals surface area contributed by atoms with Crippen molar-refractivity contribution in [3.63, 3.8) is 0 Å². The van der Waals surface area contributed by atoms with Gasteiger partial charge in [0.1, 0.15) is 0 Å². The molecular formula is C21H24IN5O2. The first kappa shape index (κ1) is 21.0. The van der Waals surface area contributed by atoms with Gasteiger partial charge < -0.3 is 20.1 Å². The molecule has 8 heteroatoms. The highest BCUT2D eigenvalue weighted by Gasteiger charge is 2.13. The van der Waals surface area contributed by atoms with Crippen molar-refractivity contribution >= 4 is 29.9 Å². The largest absolute Gasteiger partial charge is 0.454 e. The molecule has 1 aliphatic heterocycles. The van der Waals surface area contributed by atoms with Crippen molar-refractivity contribution in [3.8, 4) is 17.2 Å². The van der Waals surface area contributed by atoms with Crippen LogP contribution in [0.25, 0.3) is 5.69 Å². The summed E-state index contributed by atoms with van der Waals surface area (Å²) < 4.78 is 12.6. The molecule has 1 aliphatic rings. The lowest BCUT2D eigenvalue weighted by atomic mass is 10.1. The summed E-state index contributed by atoms with van der Waals surface area (Å²) in [6.45, 7) is 1.72. The molecule has 0 spiro atoms. The van der Waals surface area contributed by atoms with Crippen LogP contribution in [0.15, 0.2) is 65.9 Å². The number of hydrogen-bond acceptors (Lipinski definition) is 4. The number of aromatic nitrogens is 2. The third kappa shape index (κ3) is 5.41. The van der Waals surface area contributed by atoms with E-state index in [9.17, 15) is 0 Å². The Morgan fingerprint density at radius 1 is 1.07 bits per heavy atom. The molecule has 152 valence electrons. The highest BCUT2D eigenvalue weighted by atomic mass is 127. The Morgan fingerprint density at radius 3 is 2.72 bits per heavy atom. The average molecular weight is 505 g/mol. The van der Waals surface area contributed by atoms with E-state index in [2.05, 4.69) is 26.8 Å². The zero-order chi connectivity index (χ0) is 19.2. The van der Waals surface area contributed by atoms with E-state index in [1.165, 1.54) is 5.56 Å². The number of guanidine groups is 1. The lowest BCUT2D eigenvalue weighted by Gasteiger charge is -2.11. The van der Waals surface area contributed by atoms with Crippen molar-refractivity contribution in [3.05, 3.63) is 72.1 Å². The van der Waals surface area contributed by atoms with Gasteiger partial charge in [-0.05, 0) is 36.2 Å². The highest BCUT2D eigenvalue weighted by Crippen LogP contribution is 2.32. The topological polar surface area (TPSA) is 72.7 Å². The summed E-state index contributed by atoms with van der Waals surface area (Å²) >= 11 is 0. The second-order valence-corrected chi connectivity index (χ2v) is 6.42. The smallest absolute Gasteiger partial charge is 0.231 e. The molecule has 1 aromatic heterocycles. The molecule has 0 saturated carbocycles. The number of nitrogens with one attached hydrogen (secondary N) is 2. The number of para-hydroxylation sites is 1. The molecule has 29 heavy (non-hydrogen) atoms. The Kier molecular flexibility index (Phi) is 7.34. The predicted molar refractivity (Wildman–Crippen MR) is 123 cm³/mol. The normalized spacial score (nSPS) is 12.4. The Balaban J connectivity index is 0.00000240. The third-order valence-electron chi connectivity index (χ3n) is 4.48. The Morgan fingerprint density at radius 2 is 1.90 bits per heavy atom. The summed E-state index contributed by atoms with van der Waals surface area (Å²) in [7, 11) is 1.77. The number of rotatable bonds is 6. The molecule has 7 nitrogen and oxygen atoms in total. The van der Waals surface area contributed by atoms with Crippen LogP contribution in [0.1, 0.15) is 11.1 Å². The standard InChI is InChI=1S/C21H23N5O2.HI/c1-22-21(23-10-9-16-7-8-19-20(11-16)28-15-27-19)24-12-17-13-25-26(14-17)18-5-3-2-4-6-18;/h2-8,11,13-14H,9-10,12,15H2,1H3,(H2,22,23,24);1H. The van der Waals surface area contributed by atoms with E-state index >= 15 is 0 Å². The van der Waals surface area contributed by atoms with Gasteiger partial charge in [0, 0.05) is 31.9 Å². The number of hydrogen-bond donors (Lipinski definition) is 2. The van der Waals surface area contributed by atoms with Gasteiger partial charge in [-0.15, -0.1) is 24.0 Å². The maximum Gasteiger partial charge on any atom is 0.231 e. The van der Waals surface area contributed by atoms with Gasteiger partial charge in [0.25, 0.3) is 0 Å². The van der Waals surface area contributed by atoms with Crippen LogP contribution in [-0.2, 0) is 13.0 Å². The van der Waals surface area contributed by atoms with E-state index < -0.39 is 0 Å². The van der Waals surface area contributed by atoms with Crippen LogP contribution in [0, 0.1) is 0 Å². The van der Waals surface area contributed by atoms with E-state index in [-0.39, 0.29) is 24.0 Å². The molecule has 0 radical (unpaired) electrons. The fraction of sp³-hybridized carbons (Fsp3) is 0.238. The van der Waals surface area contributed by atoms with Gasteiger partial charge in [-0.25, -0.2) is 4.68 Å². The molecular weight excluding hydrogens is 481 g/mol. The van der Waals surface area contributed by atoms with Gasteiger partial charge >= 0.3 is 0 Å². The minimum atomic E-state index is 0. The van der Waals surface area contributed by atoms with Crippen LogP contribution in [0.4, 0.5) is 0 Å². The van der Waals surface area contributed by atoms with Crippen molar-refractivity contribution in [1.29, 1.82) is 0 Å². The molecule has 4 rings (SSSR count). The first-order valence-electron chi connectivity index (χ1n) is 9.24. The molecule has 0 fully saturated rings. The summed E-state index contributed by atoms with van der Waals surface area (Å²) in [6, 6.07) is 16.1. The number of halogens is 1. The Labute approximate surface area is 187 Å². The number of benzene rings is 2. The Hall–Kier alpha value is -2.75. The maximum atomic E-state index is 5.42. The summed E-state index contributed by atoms with van der Waals surface area (Å²) in [5.41, 5.74) is 3.32. The lowest BCUT2D eigenvalue weighted by molar-refractivity contribution is 0.174. The number of fused-ring (bicyclic) bond motifs is 1. The van der Waals surface area contributed by atoms with Crippen LogP contribution >= 0.6 is 24.0 Å². The molecule has 2 N–H and O–H groups in total. The SMILES string of the molecule is CN=C(NCCc1ccc2c(c1)OCO2)NCc1cnn(-c2ccccc2)c1.I. The molecule has 0 unspecified atom stereocenters. The second kappa shape index (κ2) is 10.1. The molecule has 0 saturated heterocycles. The molecule has 0 atom stereocenters. The Bertz CT molecular complexity index is 959. The fourth-order valence-electron chi connectivity index (χ4n) is 3.00. The molecule has 2 aromatic carbocycles. The van der Waals surface area contributed by atoms with Crippen molar-refractivity contribution in [2.75, 3.05) is 20.4 Å². The molecule has 2 heterocycles. The van der Waals surface area contributed by atoms with Gasteiger partial charge in [0.2, 0.25) is 6.79 Å². The number of aliphatic imine (C=N–C) groups is 1. The summed E-state index contributed by atoms with van der Waals surface area (Å²) in [5, 5.41) is 11.1. The fourth-order valence-corrected chi connectivity index (χ4v) is 3.00. The van der Waals surface area contributed by atoms with Gasteiger partial charge in [0.05, 0.1) is 11.9 Å². The first-order chi connectivity index (χ1) is 13.8. The van der Waals surface area contributed by atoms with Gasteiger partial charge in [-0.2, -0.15) is 5.10 Å². The number of ether oxygens (including phenoxy) is 2. The average Bonchev–Trinajstić information content (AvgIpc) is 3.40. The maximum absolute atomic E-state index is 5.42. The van der Waals surface area contributed by atoms with Crippen molar-refractivity contribution < 1.29 is 9.47 Å². The predicted octanol–water partition coefficient (Wildman–Crippen LogP) is 3.13. The zero-order valence-corrected chi connectivity index (χ0v) is 18.5. The highest BCUT2D eigenvalue weighted by molar-refractivity contribution is 14.0. The quantitative estimate of drug-likeness (QED) is 0.306. The monoisotopic (exact) mass is 505 g/mol. The van der Waals surface area contributed by atoms with Crippen molar-refractivity contribution in [1.82, 2.24) is 20.4 Å². The van der Waals surface area contributed by atoms with Crippen molar-refractivity contribution in [2.24, 2.45) is 4.99 Å². The van der Waals surface area contributed by atoms with E-state index in [4.69, 9.17) is 9.47 Å². The third-order valence-corrected chi connectivity index (χ3v) is 4.48. The van der Waals surface area contributed by atoms with E-state index in [0.717, 1.165) is 41.7 Å². The minimum Gasteiger partial charge on any atom is -0.454 e. The summed E-state index contributed by atoms with van der Waals surface area (Å²) in [6.07, 6.45) is 4.74. The van der Waals surface area contributed by atoms with Gasteiger partial charge in [0.15, 0.2) is 17.5 Å². The van der Waals surface area contributed by atoms with E-state index in [1.54, 1.807) is 7.05 Å². The van der Waals surface area contributed by atoms with E-state index in [1.807, 2.05) is 59.5 Å². The van der Waals surface area contributed by atoms with Crippen LogP contribution in [0.2, 0.25) is 0 Å². The summed E-state index contributed by atoms with van der Waals surface area (Å²) in [5.74, 6) is 2.38. The molecule has 0 bridgehead atoms. The molecule has 0 amide bonds. The van der Waals surface area contributed by atoms with E-state index in [0.29, 0.717) is 13.3 Å². The molecule has 0 aliphatic carbocycles. The molecule has 3 aromatic rings. The summed E-state index contributed by atoms with van der Waals surface area (Å²) in [4.78, 5) is 4.28. The van der Waals surface area contributed by atoms with Crippen LogP contribution < -0.4 is 20.1 Å². The minimum absolute atomic E-state index is 0. The number of nitrogens with zero attached hydrogens (tertiary/aromatic N) is 3.